The quantitative estimate of drug-likeness (QED) is 0.696. The van der Waals surface area contributed by atoms with Gasteiger partial charge in [-0.3, -0.25) is 9.59 Å². The number of benzene rings is 1. The molecule has 0 aromatic heterocycles. The molecule has 0 saturated carbocycles. The SMILES string of the molecule is Cc1ccccc1C(=O)NC(C(=O)N[C@@H]1C=C[C@H](CO)C1)C(C)C. The Morgan fingerprint density at radius 1 is 1.25 bits per heavy atom. The average Bonchev–Trinajstić information content (AvgIpc) is 3.00. The van der Waals surface area contributed by atoms with Crippen LogP contribution in [-0.2, 0) is 4.79 Å². The van der Waals surface area contributed by atoms with Crippen molar-refractivity contribution in [2.24, 2.45) is 11.8 Å². The number of aliphatic hydroxyl groups excluding tert-OH is 1. The fourth-order valence-corrected chi connectivity index (χ4v) is 2.87. The van der Waals surface area contributed by atoms with Crippen LogP contribution in [0.1, 0.15) is 36.2 Å². The van der Waals surface area contributed by atoms with Gasteiger partial charge in [-0.15, -0.1) is 0 Å². The van der Waals surface area contributed by atoms with E-state index in [2.05, 4.69) is 10.6 Å². The molecule has 1 aliphatic carbocycles. The Kier molecular flexibility index (Phi) is 6.15. The Morgan fingerprint density at radius 3 is 2.54 bits per heavy atom. The molecule has 5 nitrogen and oxygen atoms in total. The molecular formula is C19H26N2O3. The third-order valence-electron chi connectivity index (χ3n) is 4.36. The van der Waals surface area contributed by atoms with Crippen molar-refractivity contribution in [3.8, 4) is 0 Å². The molecule has 1 aliphatic rings. The number of carbonyl (C=O) groups is 2. The molecule has 0 bridgehead atoms. The summed E-state index contributed by atoms with van der Waals surface area (Å²) in [6.45, 7) is 5.77. The summed E-state index contributed by atoms with van der Waals surface area (Å²) < 4.78 is 0. The first-order valence-corrected chi connectivity index (χ1v) is 8.38. The Hall–Kier alpha value is -2.14. The summed E-state index contributed by atoms with van der Waals surface area (Å²) in [6, 6.07) is 6.63. The van der Waals surface area contributed by atoms with E-state index in [9.17, 15) is 9.59 Å². The first-order valence-electron chi connectivity index (χ1n) is 8.38. The summed E-state index contributed by atoms with van der Waals surface area (Å²) in [6.07, 6.45) is 4.51. The maximum absolute atomic E-state index is 12.6. The van der Waals surface area contributed by atoms with Gasteiger partial charge in [-0.2, -0.15) is 0 Å². The van der Waals surface area contributed by atoms with Crippen LogP contribution in [0.4, 0.5) is 0 Å². The topological polar surface area (TPSA) is 78.4 Å². The minimum atomic E-state index is -0.598. The van der Waals surface area contributed by atoms with Crippen molar-refractivity contribution in [3.63, 3.8) is 0 Å². The van der Waals surface area contributed by atoms with Crippen LogP contribution in [0, 0.1) is 18.8 Å². The molecule has 3 N–H and O–H groups in total. The summed E-state index contributed by atoms with van der Waals surface area (Å²) >= 11 is 0. The van der Waals surface area contributed by atoms with Crippen molar-refractivity contribution in [3.05, 3.63) is 47.5 Å². The van der Waals surface area contributed by atoms with Crippen LogP contribution < -0.4 is 10.6 Å². The van der Waals surface area contributed by atoms with Gasteiger partial charge in [0, 0.05) is 24.1 Å². The van der Waals surface area contributed by atoms with Crippen molar-refractivity contribution in [2.45, 2.75) is 39.3 Å². The van der Waals surface area contributed by atoms with E-state index in [1.165, 1.54) is 0 Å². The molecule has 0 aliphatic heterocycles. The highest BCUT2D eigenvalue weighted by molar-refractivity contribution is 5.98. The van der Waals surface area contributed by atoms with Crippen LogP contribution in [0.2, 0.25) is 0 Å². The van der Waals surface area contributed by atoms with Crippen molar-refractivity contribution >= 4 is 11.8 Å². The third kappa shape index (κ3) is 4.45. The average molecular weight is 330 g/mol. The Balaban J connectivity index is 2.01. The molecule has 2 amide bonds. The number of nitrogens with one attached hydrogen (secondary N) is 2. The minimum Gasteiger partial charge on any atom is -0.396 e. The zero-order valence-electron chi connectivity index (χ0n) is 14.5. The second-order valence-electron chi connectivity index (χ2n) is 6.69. The Morgan fingerprint density at radius 2 is 1.96 bits per heavy atom. The van der Waals surface area contributed by atoms with Crippen molar-refractivity contribution in [1.82, 2.24) is 10.6 Å². The lowest BCUT2D eigenvalue weighted by Gasteiger charge is -2.24. The van der Waals surface area contributed by atoms with E-state index in [4.69, 9.17) is 5.11 Å². The smallest absolute Gasteiger partial charge is 0.252 e. The molecule has 1 aromatic rings. The van der Waals surface area contributed by atoms with E-state index < -0.39 is 6.04 Å². The number of aliphatic hydroxyl groups is 1. The maximum Gasteiger partial charge on any atom is 0.252 e. The fraction of sp³-hybridized carbons (Fsp3) is 0.474. The van der Waals surface area contributed by atoms with Gasteiger partial charge >= 0.3 is 0 Å². The van der Waals surface area contributed by atoms with Crippen molar-refractivity contribution in [1.29, 1.82) is 0 Å². The number of hydrogen-bond acceptors (Lipinski definition) is 3. The normalized spacial score (nSPS) is 20.9. The van der Waals surface area contributed by atoms with Crippen LogP contribution >= 0.6 is 0 Å². The zero-order valence-corrected chi connectivity index (χ0v) is 14.5. The summed E-state index contributed by atoms with van der Waals surface area (Å²) in [4.78, 5) is 25.0. The Bertz CT molecular complexity index is 625. The second kappa shape index (κ2) is 8.11. The second-order valence-corrected chi connectivity index (χ2v) is 6.69. The van der Waals surface area contributed by atoms with Crippen LogP contribution in [-0.4, -0.2) is 35.6 Å². The lowest BCUT2D eigenvalue weighted by atomic mass is 10.0. The standard InChI is InChI=1S/C19H26N2O3/c1-12(2)17(19(24)20-15-9-8-14(10-15)11-22)21-18(23)16-7-5-4-6-13(16)3/h4-9,12,14-15,17,22H,10-11H2,1-3H3,(H,20,24)(H,21,23)/t14-,15+,17?/m0/s1. The molecule has 0 spiro atoms. The molecule has 5 heteroatoms. The molecule has 1 aromatic carbocycles. The fourth-order valence-electron chi connectivity index (χ4n) is 2.87. The molecule has 130 valence electrons. The van der Waals surface area contributed by atoms with Gasteiger partial charge in [0.1, 0.15) is 6.04 Å². The lowest BCUT2D eigenvalue weighted by Crippen LogP contribution is -2.51. The molecule has 0 heterocycles. The van der Waals surface area contributed by atoms with Crippen LogP contribution in [0.5, 0.6) is 0 Å². The highest BCUT2D eigenvalue weighted by atomic mass is 16.3. The van der Waals surface area contributed by atoms with Crippen LogP contribution in [0.3, 0.4) is 0 Å². The minimum absolute atomic E-state index is 0.0306. The highest BCUT2D eigenvalue weighted by Gasteiger charge is 2.28. The van der Waals surface area contributed by atoms with E-state index in [0.29, 0.717) is 12.0 Å². The van der Waals surface area contributed by atoms with Gasteiger partial charge in [0.25, 0.3) is 5.91 Å². The molecule has 0 radical (unpaired) electrons. The highest BCUT2D eigenvalue weighted by Crippen LogP contribution is 2.17. The molecule has 0 fully saturated rings. The largest absolute Gasteiger partial charge is 0.396 e. The van der Waals surface area contributed by atoms with Gasteiger partial charge in [-0.1, -0.05) is 44.2 Å². The van der Waals surface area contributed by atoms with E-state index in [-0.39, 0.29) is 36.3 Å². The van der Waals surface area contributed by atoms with E-state index in [1.807, 2.05) is 51.1 Å². The van der Waals surface area contributed by atoms with E-state index >= 15 is 0 Å². The summed E-state index contributed by atoms with van der Waals surface area (Å²) in [5.41, 5.74) is 1.46. The predicted octanol–water partition coefficient (Wildman–Crippen LogP) is 1.80. The first kappa shape index (κ1) is 18.2. The predicted molar refractivity (Wildman–Crippen MR) is 93.5 cm³/mol. The van der Waals surface area contributed by atoms with Gasteiger partial charge in [0.2, 0.25) is 5.91 Å². The van der Waals surface area contributed by atoms with Gasteiger partial charge in [0.05, 0.1) is 0 Å². The number of carbonyl (C=O) groups excluding carboxylic acids is 2. The van der Waals surface area contributed by atoms with Crippen molar-refractivity contribution in [2.75, 3.05) is 6.61 Å². The monoisotopic (exact) mass is 330 g/mol. The maximum atomic E-state index is 12.6. The molecule has 24 heavy (non-hydrogen) atoms. The van der Waals surface area contributed by atoms with Gasteiger partial charge in [0.15, 0.2) is 0 Å². The van der Waals surface area contributed by atoms with Gasteiger partial charge in [-0.05, 0) is 30.9 Å². The van der Waals surface area contributed by atoms with Gasteiger partial charge in [-0.25, -0.2) is 0 Å². The van der Waals surface area contributed by atoms with Crippen molar-refractivity contribution < 1.29 is 14.7 Å². The molecule has 2 rings (SSSR count). The van der Waals surface area contributed by atoms with E-state index in [1.54, 1.807) is 6.07 Å². The number of rotatable bonds is 6. The summed E-state index contributed by atoms with van der Waals surface area (Å²) in [5.74, 6) is -0.372. The summed E-state index contributed by atoms with van der Waals surface area (Å²) in [7, 11) is 0. The number of aryl methyl sites for hydroxylation is 1. The summed E-state index contributed by atoms with van der Waals surface area (Å²) in [5, 5.41) is 15.0. The van der Waals surface area contributed by atoms with Gasteiger partial charge < -0.3 is 15.7 Å². The third-order valence-corrected chi connectivity index (χ3v) is 4.36. The molecular weight excluding hydrogens is 304 g/mol. The number of amides is 2. The van der Waals surface area contributed by atoms with Crippen LogP contribution in [0.25, 0.3) is 0 Å². The number of hydrogen-bond donors (Lipinski definition) is 3. The zero-order chi connectivity index (χ0) is 17.7. The molecule has 0 saturated heterocycles. The molecule has 3 atom stereocenters. The lowest BCUT2D eigenvalue weighted by molar-refractivity contribution is -0.124. The van der Waals surface area contributed by atoms with Crippen LogP contribution in [0.15, 0.2) is 36.4 Å². The first-order chi connectivity index (χ1) is 11.4. The van der Waals surface area contributed by atoms with E-state index in [0.717, 1.165) is 5.56 Å². The Labute approximate surface area is 143 Å². The molecule has 1 unspecified atom stereocenters.